The van der Waals surface area contributed by atoms with E-state index < -0.39 is 21.8 Å². The first kappa shape index (κ1) is 23.9. The van der Waals surface area contributed by atoms with Gasteiger partial charge in [0.15, 0.2) is 0 Å². The average Bonchev–Trinajstić information content (AvgIpc) is 2.75. The molecule has 0 aliphatic heterocycles. The maximum absolute atomic E-state index is 12.7. The van der Waals surface area contributed by atoms with Crippen molar-refractivity contribution in [3.05, 3.63) is 60.7 Å². The molecule has 31 heavy (non-hydrogen) atoms. The number of rotatable bonds is 10. The Kier molecular flexibility index (Phi) is 8.59. The maximum atomic E-state index is 12.7. The molecule has 0 aliphatic carbocycles. The number of benzene rings is 2. The van der Waals surface area contributed by atoms with Crippen molar-refractivity contribution in [2.75, 3.05) is 26.4 Å². The third-order valence-corrected chi connectivity index (χ3v) is 5.60. The topological polar surface area (TPSA) is 128 Å². The Morgan fingerprint density at radius 2 is 1.39 bits per heavy atom. The number of aliphatic hydroxyl groups excluding tert-OH is 1. The number of nitrogens with one attached hydrogen (secondary N) is 1. The lowest BCUT2D eigenvalue weighted by Crippen LogP contribution is -2.32. The highest BCUT2D eigenvalue weighted by Crippen LogP contribution is 2.24. The van der Waals surface area contributed by atoms with Gasteiger partial charge in [0.2, 0.25) is 9.84 Å². The van der Waals surface area contributed by atoms with Gasteiger partial charge in [-0.25, -0.2) is 13.2 Å². The quantitative estimate of drug-likeness (QED) is 0.417. The first-order chi connectivity index (χ1) is 14.7. The normalized spacial score (nSPS) is 10.8. The number of imide groups is 1. The summed E-state index contributed by atoms with van der Waals surface area (Å²) >= 11 is 0. The number of carbonyl (C=O) groups excluding carboxylic acids is 2. The molecule has 2 rings (SSSR count). The number of alkyl carbamates (subject to hydrolysis) is 1. The van der Waals surface area contributed by atoms with Crippen LogP contribution in [-0.2, 0) is 19.4 Å². The van der Waals surface area contributed by atoms with E-state index in [9.17, 15) is 18.0 Å². The molecule has 2 amide bonds. The van der Waals surface area contributed by atoms with E-state index in [0.717, 1.165) is 0 Å². The van der Waals surface area contributed by atoms with Crippen LogP contribution in [0, 0.1) is 0 Å². The molecule has 9 nitrogen and oxygen atoms in total. The van der Waals surface area contributed by atoms with Crippen molar-refractivity contribution in [1.29, 1.82) is 0 Å². The Morgan fingerprint density at radius 3 is 1.84 bits per heavy atom. The van der Waals surface area contributed by atoms with E-state index >= 15 is 0 Å². The zero-order valence-corrected chi connectivity index (χ0v) is 17.7. The fourth-order valence-corrected chi connectivity index (χ4v) is 3.52. The van der Waals surface area contributed by atoms with Crippen molar-refractivity contribution in [2.24, 2.45) is 0 Å². The molecule has 0 heterocycles. The molecule has 0 aromatic heterocycles. The third kappa shape index (κ3) is 7.12. The lowest BCUT2D eigenvalue weighted by Gasteiger charge is -2.10. The largest absolute Gasteiger partial charge is 0.491 e. The van der Waals surface area contributed by atoms with Gasteiger partial charge in [0.25, 0.3) is 5.91 Å². The van der Waals surface area contributed by atoms with Crippen LogP contribution in [0.2, 0.25) is 0 Å². The van der Waals surface area contributed by atoms with Crippen LogP contribution < -0.4 is 14.8 Å². The molecule has 10 heteroatoms. The standard InChI is InChI=1S/C21H23NO8S/c1-15(2)20(24)22-21(25)30-14-13-29-17-5-9-19(10-6-17)31(26,27)18-7-3-16(4-8-18)28-12-11-23/h3-10,23H,1,11-14H2,2H3,(H,22,24,25). The van der Waals surface area contributed by atoms with E-state index in [1.165, 1.54) is 55.5 Å². The number of carbonyl (C=O) groups is 2. The molecule has 166 valence electrons. The monoisotopic (exact) mass is 449 g/mol. The Morgan fingerprint density at radius 1 is 0.903 bits per heavy atom. The smallest absolute Gasteiger partial charge is 0.414 e. The molecule has 0 saturated heterocycles. The van der Waals surface area contributed by atoms with Crippen LogP contribution >= 0.6 is 0 Å². The average molecular weight is 449 g/mol. The summed E-state index contributed by atoms with van der Waals surface area (Å²) in [5.74, 6) is 0.209. The second kappa shape index (κ2) is 11.1. The van der Waals surface area contributed by atoms with E-state index in [-0.39, 0.29) is 41.8 Å². The Bertz CT molecular complexity index is 1010. The van der Waals surface area contributed by atoms with E-state index in [2.05, 4.69) is 6.58 Å². The summed E-state index contributed by atoms with van der Waals surface area (Å²) in [6, 6.07) is 11.6. The van der Waals surface area contributed by atoms with Crippen LogP contribution in [0.1, 0.15) is 6.92 Å². The second-order valence-corrected chi connectivity index (χ2v) is 8.19. The van der Waals surface area contributed by atoms with Gasteiger partial charge in [-0.2, -0.15) is 0 Å². The van der Waals surface area contributed by atoms with Gasteiger partial charge in [-0.3, -0.25) is 10.1 Å². The van der Waals surface area contributed by atoms with Gasteiger partial charge < -0.3 is 19.3 Å². The predicted molar refractivity (Wildman–Crippen MR) is 111 cm³/mol. The lowest BCUT2D eigenvalue weighted by atomic mass is 10.3. The van der Waals surface area contributed by atoms with Crippen molar-refractivity contribution in [2.45, 2.75) is 16.7 Å². The first-order valence-electron chi connectivity index (χ1n) is 9.19. The number of aliphatic hydroxyl groups is 1. The van der Waals surface area contributed by atoms with Crippen LogP contribution in [0.15, 0.2) is 70.5 Å². The molecular formula is C21H23NO8S. The zero-order chi connectivity index (χ0) is 22.9. The van der Waals surface area contributed by atoms with Gasteiger partial charge in [-0.1, -0.05) is 6.58 Å². The lowest BCUT2D eigenvalue weighted by molar-refractivity contribution is -0.116. The number of sulfone groups is 1. The summed E-state index contributed by atoms with van der Waals surface area (Å²) in [5.41, 5.74) is 0.175. The van der Waals surface area contributed by atoms with E-state index in [1.54, 1.807) is 0 Å². The zero-order valence-electron chi connectivity index (χ0n) is 16.9. The van der Waals surface area contributed by atoms with Gasteiger partial charge in [0.05, 0.1) is 16.4 Å². The molecule has 0 spiro atoms. The molecule has 0 aliphatic rings. The van der Waals surface area contributed by atoms with Gasteiger partial charge in [-0.05, 0) is 55.5 Å². The predicted octanol–water partition coefficient (Wildman–Crippen LogP) is 2.10. The minimum absolute atomic E-state index is 0.0100. The Hall–Kier alpha value is -3.37. The van der Waals surface area contributed by atoms with Gasteiger partial charge in [-0.15, -0.1) is 0 Å². The van der Waals surface area contributed by atoms with Crippen molar-refractivity contribution < 1.29 is 37.3 Å². The number of amides is 2. The number of ether oxygens (including phenoxy) is 3. The van der Waals surface area contributed by atoms with Crippen molar-refractivity contribution >= 4 is 21.8 Å². The van der Waals surface area contributed by atoms with E-state index in [0.29, 0.717) is 11.5 Å². The summed E-state index contributed by atoms with van der Waals surface area (Å²) in [7, 11) is -3.73. The summed E-state index contributed by atoms with van der Waals surface area (Å²) in [6.07, 6.45) is -0.911. The van der Waals surface area contributed by atoms with Crippen molar-refractivity contribution in [1.82, 2.24) is 5.32 Å². The maximum Gasteiger partial charge on any atom is 0.414 e. The number of hydrogen-bond donors (Lipinski definition) is 2. The van der Waals surface area contributed by atoms with Crippen LogP contribution in [-0.4, -0.2) is 52.0 Å². The molecule has 0 saturated carbocycles. The van der Waals surface area contributed by atoms with Crippen LogP contribution in [0.25, 0.3) is 0 Å². The van der Waals surface area contributed by atoms with Crippen molar-refractivity contribution in [3.63, 3.8) is 0 Å². The summed E-state index contributed by atoms with van der Waals surface area (Å²) in [5, 5.41) is 10.7. The van der Waals surface area contributed by atoms with E-state index in [1.807, 2.05) is 5.32 Å². The van der Waals surface area contributed by atoms with Crippen LogP contribution in [0.4, 0.5) is 4.79 Å². The Balaban J connectivity index is 1.88. The SMILES string of the molecule is C=C(C)C(=O)NC(=O)OCCOc1ccc(S(=O)(=O)c2ccc(OCCO)cc2)cc1. The molecular weight excluding hydrogens is 426 g/mol. The van der Waals surface area contributed by atoms with Gasteiger partial charge >= 0.3 is 6.09 Å². The summed E-state index contributed by atoms with van der Waals surface area (Å²) < 4.78 is 40.9. The molecule has 2 aromatic carbocycles. The van der Waals surface area contributed by atoms with Gasteiger partial charge in [0.1, 0.15) is 31.3 Å². The molecule has 0 radical (unpaired) electrons. The molecule has 0 unspecified atom stereocenters. The minimum Gasteiger partial charge on any atom is -0.491 e. The molecule has 0 bridgehead atoms. The van der Waals surface area contributed by atoms with Crippen LogP contribution in [0.3, 0.4) is 0 Å². The van der Waals surface area contributed by atoms with Crippen LogP contribution in [0.5, 0.6) is 11.5 Å². The first-order valence-corrected chi connectivity index (χ1v) is 10.7. The van der Waals surface area contributed by atoms with Crippen molar-refractivity contribution in [3.8, 4) is 11.5 Å². The molecule has 0 fully saturated rings. The summed E-state index contributed by atoms with van der Waals surface area (Å²) in [4.78, 5) is 22.8. The highest BCUT2D eigenvalue weighted by atomic mass is 32.2. The minimum atomic E-state index is -3.73. The third-order valence-electron chi connectivity index (χ3n) is 3.82. The van der Waals surface area contributed by atoms with E-state index in [4.69, 9.17) is 19.3 Å². The van der Waals surface area contributed by atoms with Gasteiger partial charge in [0, 0.05) is 5.57 Å². The molecule has 2 N–H and O–H groups in total. The number of hydrogen-bond acceptors (Lipinski definition) is 8. The summed E-state index contributed by atoms with van der Waals surface area (Å²) in [6.45, 7) is 4.74. The fraction of sp³-hybridized carbons (Fsp3) is 0.238. The second-order valence-electron chi connectivity index (χ2n) is 6.24. The molecule has 2 aromatic rings. The highest BCUT2D eigenvalue weighted by Gasteiger charge is 2.17. The molecule has 0 atom stereocenters. The fourth-order valence-electron chi connectivity index (χ4n) is 2.26. The highest BCUT2D eigenvalue weighted by molar-refractivity contribution is 7.91. The Labute approximate surface area is 180 Å².